The summed E-state index contributed by atoms with van der Waals surface area (Å²) in [5.74, 6) is -1.18. The first kappa shape index (κ1) is 25.5. The molecule has 0 spiro atoms. The summed E-state index contributed by atoms with van der Waals surface area (Å²) in [5.41, 5.74) is 7.87. The van der Waals surface area contributed by atoms with Crippen LogP contribution in [0.4, 0.5) is 4.79 Å². The van der Waals surface area contributed by atoms with Crippen LogP contribution < -0.4 is 16.4 Å². The Kier molecular flexibility index (Phi) is 9.03. The van der Waals surface area contributed by atoms with Gasteiger partial charge in [-0.2, -0.15) is 0 Å². The number of ether oxygens (including phenoxy) is 1. The van der Waals surface area contributed by atoms with E-state index in [-0.39, 0.29) is 13.0 Å². The molecule has 1 atom stereocenters. The summed E-state index contributed by atoms with van der Waals surface area (Å²) < 4.78 is 5.05. The lowest BCUT2D eigenvalue weighted by Crippen LogP contribution is -2.49. The number of amides is 3. The number of alkyl carbamates (subject to hydrolysis) is 1. The second-order valence-corrected chi connectivity index (χ2v) is 8.60. The number of rotatable bonds is 6. The second-order valence-electron chi connectivity index (χ2n) is 8.60. The molecule has 0 saturated heterocycles. The monoisotopic (exact) mass is 452 g/mol. The summed E-state index contributed by atoms with van der Waals surface area (Å²) in [5, 5.41) is 5.84. The lowest BCUT2D eigenvalue weighted by atomic mass is 10.0. The number of hydrogen-bond donors (Lipinski definition) is 4. The van der Waals surface area contributed by atoms with Crippen LogP contribution in [0.2, 0.25) is 0 Å². The molecule has 8 nitrogen and oxygen atoms in total. The van der Waals surface area contributed by atoms with Crippen LogP contribution in [0.3, 0.4) is 0 Å². The van der Waals surface area contributed by atoms with Gasteiger partial charge in [-0.05, 0) is 39.3 Å². The van der Waals surface area contributed by atoms with E-state index >= 15 is 0 Å². The number of nitrogens with one attached hydrogen (secondary N) is 3. The smallest absolute Gasteiger partial charge is 0.408 e. The zero-order chi connectivity index (χ0) is 24.4. The lowest BCUT2D eigenvalue weighted by molar-refractivity contribution is -0.126. The molecule has 3 rings (SSSR count). The van der Waals surface area contributed by atoms with E-state index in [0.717, 1.165) is 16.5 Å². The maximum Gasteiger partial charge on any atom is 0.408 e. The van der Waals surface area contributed by atoms with Crippen LogP contribution in [0, 0.1) is 6.92 Å². The summed E-state index contributed by atoms with van der Waals surface area (Å²) in [6.07, 6.45) is 1.32. The van der Waals surface area contributed by atoms with Gasteiger partial charge in [0, 0.05) is 23.5 Å². The fraction of sp³-hybridized carbons (Fsp3) is 0.320. The van der Waals surface area contributed by atoms with Crippen molar-refractivity contribution in [2.75, 3.05) is 6.54 Å². The Hall–Kier alpha value is -3.81. The molecule has 1 unspecified atom stereocenters. The van der Waals surface area contributed by atoms with Crippen molar-refractivity contribution in [1.29, 1.82) is 0 Å². The predicted octanol–water partition coefficient (Wildman–Crippen LogP) is 3.20. The fourth-order valence-electron chi connectivity index (χ4n) is 2.99. The molecule has 0 bridgehead atoms. The highest BCUT2D eigenvalue weighted by Gasteiger charge is 2.21. The molecule has 3 amide bonds. The summed E-state index contributed by atoms with van der Waals surface area (Å²) in [7, 11) is 0. The normalized spacial score (nSPS) is 11.6. The molecule has 0 radical (unpaired) electrons. The van der Waals surface area contributed by atoms with Gasteiger partial charge in [-0.1, -0.05) is 54.1 Å². The molecule has 0 fully saturated rings. The van der Waals surface area contributed by atoms with Crippen LogP contribution in [0.5, 0.6) is 0 Å². The van der Waals surface area contributed by atoms with Gasteiger partial charge in [0.05, 0.1) is 0 Å². The first-order valence-electron chi connectivity index (χ1n) is 10.7. The summed E-state index contributed by atoms with van der Waals surface area (Å²) in [4.78, 5) is 38.4. The molecule has 5 N–H and O–H groups in total. The third-order valence-electron chi connectivity index (χ3n) is 4.51. The van der Waals surface area contributed by atoms with E-state index in [2.05, 4.69) is 34.7 Å². The van der Waals surface area contributed by atoms with Crippen LogP contribution >= 0.6 is 0 Å². The third kappa shape index (κ3) is 9.06. The fourth-order valence-corrected chi connectivity index (χ4v) is 2.99. The number of aromatic nitrogens is 1. The molecule has 0 saturated carbocycles. The van der Waals surface area contributed by atoms with Gasteiger partial charge < -0.3 is 26.1 Å². The maximum absolute atomic E-state index is 12.0. The minimum Gasteiger partial charge on any atom is -0.444 e. The van der Waals surface area contributed by atoms with Crippen molar-refractivity contribution in [2.24, 2.45) is 5.73 Å². The number of primary amides is 1. The Morgan fingerprint density at radius 3 is 2.24 bits per heavy atom. The first-order valence-corrected chi connectivity index (χ1v) is 10.7. The van der Waals surface area contributed by atoms with Crippen molar-refractivity contribution < 1.29 is 19.1 Å². The first-order chi connectivity index (χ1) is 15.5. The number of benzene rings is 2. The quantitative estimate of drug-likeness (QED) is 0.458. The summed E-state index contributed by atoms with van der Waals surface area (Å²) in [6, 6.07) is 17.0. The maximum atomic E-state index is 12.0. The Bertz CT molecular complexity index is 1070. The lowest BCUT2D eigenvalue weighted by Gasteiger charge is -2.20. The van der Waals surface area contributed by atoms with Crippen LogP contribution in [0.1, 0.15) is 31.9 Å². The van der Waals surface area contributed by atoms with Gasteiger partial charge in [-0.3, -0.25) is 9.59 Å². The Morgan fingerprint density at radius 1 is 1.03 bits per heavy atom. The number of aryl methyl sites for hydroxylation is 1. The van der Waals surface area contributed by atoms with Crippen molar-refractivity contribution in [3.8, 4) is 0 Å². The Balaban J connectivity index is 0.000000468. The predicted molar refractivity (Wildman–Crippen MR) is 129 cm³/mol. The highest BCUT2D eigenvalue weighted by atomic mass is 16.6. The third-order valence-corrected chi connectivity index (χ3v) is 4.51. The number of para-hydroxylation sites is 1. The highest BCUT2D eigenvalue weighted by molar-refractivity contribution is 5.90. The molecular formula is C25H32N4O4. The van der Waals surface area contributed by atoms with Crippen molar-refractivity contribution in [2.45, 2.75) is 45.8 Å². The average molecular weight is 453 g/mol. The van der Waals surface area contributed by atoms with E-state index in [1.807, 2.05) is 42.5 Å². The van der Waals surface area contributed by atoms with Gasteiger partial charge in [0.15, 0.2) is 0 Å². The molecule has 0 aliphatic rings. The van der Waals surface area contributed by atoms with E-state index in [1.54, 1.807) is 27.0 Å². The highest BCUT2D eigenvalue weighted by Crippen LogP contribution is 2.19. The van der Waals surface area contributed by atoms with E-state index in [1.165, 1.54) is 5.56 Å². The average Bonchev–Trinajstić information content (AvgIpc) is 3.14. The molecule has 2 aromatic carbocycles. The van der Waals surface area contributed by atoms with Gasteiger partial charge in [0.25, 0.3) is 0 Å². The Labute approximate surface area is 193 Å². The Morgan fingerprint density at radius 2 is 1.67 bits per heavy atom. The van der Waals surface area contributed by atoms with Gasteiger partial charge in [-0.15, -0.1) is 0 Å². The molecule has 3 aromatic rings. The topological polar surface area (TPSA) is 126 Å². The zero-order valence-electron chi connectivity index (χ0n) is 19.5. The molecule has 176 valence electrons. The van der Waals surface area contributed by atoms with Crippen LogP contribution in [0.25, 0.3) is 10.9 Å². The number of carbonyl (C=O) groups excluding carboxylic acids is 3. The molecular weight excluding hydrogens is 420 g/mol. The second kappa shape index (κ2) is 11.7. The minimum absolute atomic E-state index is 0.248. The van der Waals surface area contributed by atoms with Crippen LogP contribution in [0.15, 0.2) is 60.8 Å². The zero-order valence-corrected chi connectivity index (χ0v) is 19.5. The van der Waals surface area contributed by atoms with E-state index in [9.17, 15) is 14.4 Å². The summed E-state index contributed by atoms with van der Waals surface area (Å²) >= 11 is 0. The number of fused-ring (bicyclic) bond motifs is 1. The molecule has 33 heavy (non-hydrogen) atoms. The number of carbonyl (C=O) groups is 3. The van der Waals surface area contributed by atoms with Crippen molar-refractivity contribution in [1.82, 2.24) is 15.6 Å². The van der Waals surface area contributed by atoms with Gasteiger partial charge in [0.2, 0.25) is 11.8 Å². The number of H-pyrrole nitrogens is 1. The largest absolute Gasteiger partial charge is 0.444 e. The molecule has 0 aliphatic carbocycles. The van der Waals surface area contributed by atoms with E-state index < -0.39 is 29.6 Å². The van der Waals surface area contributed by atoms with Crippen molar-refractivity contribution >= 4 is 28.8 Å². The number of aromatic amines is 1. The van der Waals surface area contributed by atoms with Crippen LogP contribution in [-0.4, -0.2) is 41.1 Å². The van der Waals surface area contributed by atoms with E-state index in [4.69, 9.17) is 10.5 Å². The van der Waals surface area contributed by atoms with Gasteiger partial charge in [-0.25, -0.2) is 4.79 Å². The standard InChI is InChI=1S/C18H24N4O4.C7H8/c1-18(2,3)26-17(25)21-10-15(23)22-14(16(19)24)8-11-9-20-13-7-5-4-6-12(11)13;1-7-5-3-2-4-6-7/h4-7,9,14,20H,8,10H2,1-3H3,(H2,19,24)(H,21,25)(H,22,23);2-6H,1H3. The SMILES string of the molecule is CC(C)(C)OC(=O)NCC(=O)NC(Cc1c[nH]c2ccccc12)C(N)=O.Cc1ccccc1. The van der Waals surface area contributed by atoms with Crippen molar-refractivity contribution in [3.63, 3.8) is 0 Å². The van der Waals surface area contributed by atoms with Crippen molar-refractivity contribution in [3.05, 3.63) is 71.9 Å². The van der Waals surface area contributed by atoms with E-state index in [0.29, 0.717) is 0 Å². The number of nitrogens with two attached hydrogens (primary N) is 1. The molecule has 0 aliphatic heterocycles. The minimum atomic E-state index is -0.887. The van der Waals surface area contributed by atoms with Gasteiger partial charge >= 0.3 is 6.09 Å². The molecule has 8 heteroatoms. The molecule has 1 heterocycles. The number of hydrogen-bond acceptors (Lipinski definition) is 4. The summed E-state index contributed by atoms with van der Waals surface area (Å²) in [6.45, 7) is 6.93. The van der Waals surface area contributed by atoms with Gasteiger partial charge in [0.1, 0.15) is 18.2 Å². The van der Waals surface area contributed by atoms with Crippen LogP contribution in [-0.2, 0) is 20.7 Å². The molecule has 1 aromatic heterocycles.